The van der Waals surface area contributed by atoms with Gasteiger partial charge in [-0.05, 0) is 13.0 Å². The van der Waals surface area contributed by atoms with Gasteiger partial charge in [-0.2, -0.15) is 0 Å². The maximum absolute atomic E-state index is 5.20. The molecule has 0 atom stereocenters. The lowest BCUT2D eigenvalue weighted by atomic mass is 10.2. The topological polar surface area (TPSA) is 67.1 Å². The molecule has 1 aromatic rings. The Balaban J connectivity index is 2.49. The summed E-state index contributed by atoms with van der Waals surface area (Å²) in [7, 11) is 2.08. The predicted molar refractivity (Wildman–Crippen MR) is 61.0 cm³/mol. The molecule has 15 heavy (non-hydrogen) atoms. The molecule has 5 nitrogen and oxygen atoms in total. The second kappa shape index (κ2) is 5.63. The van der Waals surface area contributed by atoms with Crippen molar-refractivity contribution in [3.63, 3.8) is 0 Å². The number of nitrogens with zero attached hydrogens (tertiary/aromatic N) is 3. The molecule has 0 amide bonds. The molecule has 0 radical (unpaired) electrons. The smallest absolute Gasteiger partial charge is 0.158 e. The Bertz CT molecular complexity index is 282. The number of nitrogen functional groups attached to an aromatic ring is 1. The number of rotatable bonds is 5. The van der Waals surface area contributed by atoms with Crippen LogP contribution in [0.2, 0.25) is 0 Å². The highest BCUT2D eigenvalue weighted by Gasteiger charge is 2.04. The molecule has 1 rings (SSSR count). The van der Waals surface area contributed by atoms with Crippen LogP contribution in [0.15, 0.2) is 12.4 Å². The summed E-state index contributed by atoms with van der Waals surface area (Å²) < 4.78 is 0. The summed E-state index contributed by atoms with van der Waals surface area (Å²) in [5.41, 5.74) is 3.41. The van der Waals surface area contributed by atoms with Gasteiger partial charge in [0.25, 0.3) is 0 Å². The molecule has 0 saturated carbocycles. The van der Waals surface area contributed by atoms with Crippen molar-refractivity contribution in [2.24, 2.45) is 11.8 Å². The first-order valence-electron chi connectivity index (χ1n) is 5.08. The van der Waals surface area contributed by atoms with E-state index in [-0.39, 0.29) is 0 Å². The van der Waals surface area contributed by atoms with E-state index >= 15 is 0 Å². The number of nitrogens with one attached hydrogen (secondary N) is 1. The summed E-state index contributed by atoms with van der Waals surface area (Å²) in [6, 6.07) is 0. The lowest BCUT2D eigenvalue weighted by molar-refractivity contribution is 0.285. The largest absolute Gasteiger partial charge is 0.307 e. The third-order valence-corrected chi connectivity index (χ3v) is 1.96. The van der Waals surface area contributed by atoms with Crippen LogP contribution < -0.4 is 11.3 Å². The van der Waals surface area contributed by atoms with E-state index in [0.29, 0.717) is 11.7 Å². The first-order chi connectivity index (χ1) is 7.11. The first kappa shape index (κ1) is 11.9. The molecule has 0 spiro atoms. The van der Waals surface area contributed by atoms with E-state index in [2.05, 4.69) is 41.2 Å². The third kappa shape index (κ3) is 4.22. The molecule has 0 fully saturated rings. The molecular weight excluding hydrogens is 190 g/mol. The molecular formula is C10H19N5. The maximum Gasteiger partial charge on any atom is 0.158 e. The zero-order valence-corrected chi connectivity index (χ0v) is 9.57. The van der Waals surface area contributed by atoms with Gasteiger partial charge in [0.1, 0.15) is 0 Å². The van der Waals surface area contributed by atoms with Gasteiger partial charge in [0.2, 0.25) is 0 Å². The molecule has 0 aliphatic rings. The van der Waals surface area contributed by atoms with Crippen LogP contribution in [0.5, 0.6) is 0 Å². The second-order valence-corrected chi connectivity index (χ2v) is 4.13. The number of aromatic nitrogens is 2. The summed E-state index contributed by atoms with van der Waals surface area (Å²) in [4.78, 5) is 10.6. The number of hydrogen-bond acceptors (Lipinski definition) is 5. The minimum absolute atomic E-state index is 0.588. The first-order valence-corrected chi connectivity index (χ1v) is 5.08. The Morgan fingerprint density at radius 2 is 2.13 bits per heavy atom. The van der Waals surface area contributed by atoms with Crippen molar-refractivity contribution < 1.29 is 0 Å². The fourth-order valence-electron chi connectivity index (χ4n) is 1.48. The van der Waals surface area contributed by atoms with E-state index in [0.717, 1.165) is 18.8 Å². The van der Waals surface area contributed by atoms with Crippen LogP contribution in [-0.2, 0) is 6.54 Å². The van der Waals surface area contributed by atoms with Gasteiger partial charge < -0.3 is 10.3 Å². The molecule has 0 aliphatic carbocycles. The van der Waals surface area contributed by atoms with Gasteiger partial charge >= 0.3 is 0 Å². The van der Waals surface area contributed by atoms with Gasteiger partial charge in [-0.3, -0.25) is 4.98 Å². The quantitative estimate of drug-likeness (QED) is 0.556. The molecule has 0 aromatic carbocycles. The highest BCUT2D eigenvalue weighted by Crippen LogP contribution is 2.03. The minimum atomic E-state index is 0.588. The van der Waals surface area contributed by atoms with Crippen molar-refractivity contribution in [1.82, 2.24) is 14.9 Å². The van der Waals surface area contributed by atoms with E-state index in [9.17, 15) is 0 Å². The monoisotopic (exact) mass is 209 g/mol. The van der Waals surface area contributed by atoms with Gasteiger partial charge in [0.05, 0.1) is 18.1 Å². The summed E-state index contributed by atoms with van der Waals surface area (Å²) in [5, 5.41) is 0. The summed E-state index contributed by atoms with van der Waals surface area (Å²) in [5.74, 6) is 6.45. The van der Waals surface area contributed by atoms with Gasteiger partial charge in [-0.25, -0.2) is 10.8 Å². The minimum Gasteiger partial charge on any atom is -0.307 e. The van der Waals surface area contributed by atoms with Crippen molar-refractivity contribution in [3.05, 3.63) is 18.1 Å². The lowest BCUT2D eigenvalue weighted by Gasteiger charge is -2.18. The summed E-state index contributed by atoms with van der Waals surface area (Å²) in [6.07, 6.45) is 3.38. The van der Waals surface area contributed by atoms with Crippen LogP contribution in [0, 0.1) is 5.92 Å². The Kier molecular flexibility index (Phi) is 4.45. The van der Waals surface area contributed by atoms with E-state index in [4.69, 9.17) is 5.84 Å². The number of anilines is 1. The van der Waals surface area contributed by atoms with Crippen molar-refractivity contribution in [2.75, 3.05) is 19.0 Å². The molecule has 3 N–H and O–H groups in total. The average molecular weight is 209 g/mol. The van der Waals surface area contributed by atoms with Crippen molar-refractivity contribution >= 4 is 5.82 Å². The second-order valence-electron chi connectivity index (χ2n) is 4.13. The molecule has 5 heteroatoms. The molecule has 0 saturated heterocycles. The van der Waals surface area contributed by atoms with Crippen LogP contribution >= 0.6 is 0 Å². The van der Waals surface area contributed by atoms with Crippen LogP contribution in [0.1, 0.15) is 19.5 Å². The normalized spacial score (nSPS) is 11.1. The molecule has 84 valence electrons. The Labute approximate surface area is 90.7 Å². The highest BCUT2D eigenvalue weighted by molar-refractivity contribution is 5.28. The molecule has 1 heterocycles. The molecule has 0 aliphatic heterocycles. The standard InChI is InChI=1S/C10H19N5/c1-8(2)6-15(3)7-9-4-13-10(14-11)5-12-9/h4-5,8H,6-7,11H2,1-3H3,(H,13,14). The number of hydrazine groups is 1. The molecule has 0 bridgehead atoms. The summed E-state index contributed by atoms with van der Waals surface area (Å²) >= 11 is 0. The van der Waals surface area contributed by atoms with Crippen LogP contribution in [0.25, 0.3) is 0 Å². The van der Waals surface area contributed by atoms with E-state index in [1.165, 1.54) is 0 Å². The Morgan fingerprint density at radius 1 is 1.40 bits per heavy atom. The van der Waals surface area contributed by atoms with E-state index in [1.54, 1.807) is 12.4 Å². The van der Waals surface area contributed by atoms with Crippen LogP contribution in [0.3, 0.4) is 0 Å². The summed E-state index contributed by atoms with van der Waals surface area (Å²) in [6.45, 7) is 6.27. The van der Waals surface area contributed by atoms with Gasteiger partial charge in [0, 0.05) is 13.1 Å². The van der Waals surface area contributed by atoms with Crippen molar-refractivity contribution in [1.29, 1.82) is 0 Å². The fraction of sp³-hybridized carbons (Fsp3) is 0.600. The predicted octanol–water partition coefficient (Wildman–Crippen LogP) is 0.850. The van der Waals surface area contributed by atoms with Crippen LogP contribution in [0.4, 0.5) is 5.82 Å². The zero-order valence-electron chi connectivity index (χ0n) is 9.57. The maximum atomic E-state index is 5.20. The molecule has 1 aromatic heterocycles. The molecule has 0 unspecified atom stereocenters. The zero-order chi connectivity index (χ0) is 11.3. The highest BCUT2D eigenvalue weighted by atomic mass is 15.3. The van der Waals surface area contributed by atoms with E-state index < -0.39 is 0 Å². The Morgan fingerprint density at radius 3 is 2.60 bits per heavy atom. The van der Waals surface area contributed by atoms with Crippen molar-refractivity contribution in [3.8, 4) is 0 Å². The number of nitrogens with two attached hydrogens (primary N) is 1. The fourth-order valence-corrected chi connectivity index (χ4v) is 1.48. The third-order valence-electron chi connectivity index (χ3n) is 1.96. The SMILES string of the molecule is CC(C)CN(C)Cc1cnc(NN)cn1. The van der Waals surface area contributed by atoms with Gasteiger partial charge in [-0.1, -0.05) is 13.8 Å². The van der Waals surface area contributed by atoms with Crippen LogP contribution in [-0.4, -0.2) is 28.5 Å². The van der Waals surface area contributed by atoms with E-state index in [1.807, 2.05) is 0 Å². The average Bonchev–Trinajstić information content (AvgIpc) is 2.17. The lowest BCUT2D eigenvalue weighted by Crippen LogP contribution is -2.23. The van der Waals surface area contributed by atoms with Crippen molar-refractivity contribution in [2.45, 2.75) is 20.4 Å². The number of hydrogen-bond donors (Lipinski definition) is 2. The van der Waals surface area contributed by atoms with Gasteiger partial charge in [0.15, 0.2) is 5.82 Å². The Hall–Kier alpha value is -1.20. The van der Waals surface area contributed by atoms with Gasteiger partial charge in [-0.15, -0.1) is 0 Å².